The Morgan fingerprint density at radius 3 is 2.82 bits per heavy atom. The zero-order valence-electron chi connectivity index (χ0n) is 9.38. The van der Waals surface area contributed by atoms with Crippen molar-refractivity contribution >= 4 is 11.0 Å². The van der Waals surface area contributed by atoms with Crippen molar-refractivity contribution in [2.75, 3.05) is 0 Å². The molecule has 0 aliphatic carbocycles. The molecule has 1 N–H and O–H groups in total. The van der Waals surface area contributed by atoms with E-state index in [1.54, 1.807) is 12.1 Å². The first-order valence-electron chi connectivity index (χ1n) is 5.38. The van der Waals surface area contributed by atoms with Crippen LogP contribution in [0.15, 0.2) is 42.5 Å². The molecule has 0 spiro atoms. The number of fused-ring (bicyclic) bond motifs is 1. The summed E-state index contributed by atoms with van der Waals surface area (Å²) in [6.45, 7) is 0. The maximum absolute atomic E-state index is 9.45. The average molecular weight is 223 g/mol. The first-order valence-corrected chi connectivity index (χ1v) is 5.38. The second kappa shape index (κ2) is 3.63. The van der Waals surface area contributed by atoms with Crippen molar-refractivity contribution in [2.45, 2.75) is 0 Å². The van der Waals surface area contributed by atoms with Crippen molar-refractivity contribution in [1.82, 2.24) is 9.55 Å². The number of hydrogen-bond acceptors (Lipinski definition) is 2. The number of hydrogen-bond donors (Lipinski definition) is 1. The van der Waals surface area contributed by atoms with Crippen molar-refractivity contribution in [3.8, 4) is 17.1 Å². The van der Waals surface area contributed by atoms with E-state index in [0.29, 0.717) is 0 Å². The Kier molecular flexibility index (Phi) is 2.11. The number of benzene rings is 2. The molecule has 0 unspecified atom stereocenters. The van der Waals surface area contributed by atoms with Gasteiger partial charge in [-0.2, -0.15) is 0 Å². The Labute approximate surface area is 99.0 Å². The van der Waals surface area contributed by atoms with Crippen molar-refractivity contribution in [2.24, 2.45) is 7.05 Å². The van der Waals surface area contributed by atoms with E-state index >= 15 is 0 Å². The fraction of sp³-hybridized carbons (Fsp3) is 0.0714. The van der Waals surface area contributed by atoms with Crippen LogP contribution in [0.3, 0.4) is 0 Å². The topological polar surface area (TPSA) is 38.0 Å². The van der Waals surface area contributed by atoms with Gasteiger partial charge in [0.1, 0.15) is 11.6 Å². The summed E-state index contributed by atoms with van der Waals surface area (Å²) in [5.41, 5.74) is 2.92. The molecule has 3 aromatic rings. The summed E-state index contributed by atoms with van der Waals surface area (Å²) in [6, 6.07) is 15.9. The molecule has 0 aliphatic heterocycles. The second-order valence-electron chi connectivity index (χ2n) is 3.95. The molecule has 2 aromatic carbocycles. The third-order valence-electron chi connectivity index (χ3n) is 2.83. The van der Waals surface area contributed by atoms with Gasteiger partial charge in [0.25, 0.3) is 0 Å². The zero-order chi connectivity index (χ0) is 11.8. The molecule has 83 valence electrons. The standard InChI is InChI=1S/C14H11N2O/c1-16-13-8-3-2-7-12(13)15-14(16)10-5-4-6-11(17)9-10/h2-5,7-9,17H,1H3. The summed E-state index contributed by atoms with van der Waals surface area (Å²) in [7, 11) is 1.97. The van der Waals surface area contributed by atoms with Gasteiger partial charge in [-0.15, -0.1) is 0 Å². The van der Waals surface area contributed by atoms with Gasteiger partial charge in [-0.05, 0) is 24.3 Å². The van der Waals surface area contributed by atoms with E-state index in [9.17, 15) is 5.11 Å². The van der Waals surface area contributed by atoms with E-state index in [2.05, 4.69) is 11.1 Å². The number of phenolic OH excluding ortho intramolecular Hbond substituents is 1. The molecule has 1 heterocycles. The first-order chi connectivity index (χ1) is 8.25. The van der Waals surface area contributed by atoms with Crippen molar-refractivity contribution in [3.05, 3.63) is 48.5 Å². The van der Waals surface area contributed by atoms with Crippen LogP contribution in [0.5, 0.6) is 5.75 Å². The average Bonchev–Trinajstić information content (AvgIpc) is 2.68. The van der Waals surface area contributed by atoms with Crippen LogP contribution in [0.25, 0.3) is 22.4 Å². The van der Waals surface area contributed by atoms with Crippen molar-refractivity contribution < 1.29 is 5.11 Å². The smallest absolute Gasteiger partial charge is 0.140 e. The zero-order valence-corrected chi connectivity index (χ0v) is 9.38. The van der Waals surface area contributed by atoms with E-state index in [4.69, 9.17) is 0 Å². The molecule has 3 nitrogen and oxygen atoms in total. The lowest BCUT2D eigenvalue weighted by molar-refractivity contribution is 0.474. The highest BCUT2D eigenvalue weighted by Crippen LogP contribution is 2.25. The molecular weight excluding hydrogens is 212 g/mol. The van der Waals surface area contributed by atoms with Crippen LogP contribution in [-0.4, -0.2) is 14.7 Å². The third-order valence-corrected chi connectivity index (χ3v) is 2.83. The lowest BCUT2D eigenvalue weighted by Crippen LogP contribution is -1.91. The fourth-order valence-electron chi connectivity index (χ4n) is 2.00. The van der Waals surface area contributed by atoms with Gasteiger partial charge in [-0.3, -0.25) is 0 Å². The number of rotatable bonds is 1. The van der Waals surface area contributed by atoms with Crippen LogP contribution in [0.2, 0.25) is 0 Å². The summed E-state index contributed by atoms with van der Waals surface area (Å²) in [5, 5.41) is 9.45. The van der Waals surface area contributed by atoms with Gasteiger partial charge in [-0.1, -0.05) is 18.2 Å². The fourth-order valence-corrected chi connectivity index (χ4v) is 2.00. The number of nitrogens with zero attached hydrogens (tertiary/aromatic N) is 2. The summed E-state index contributed by atoms with van der Waals surface area (Å²) in [4.78, 5) is 4.56. The lowest BCUT2D eigenvalue weighted by atomic mass is 10.2. The predicted molar refractivity (Wildman–Crippen MR) is 66.7 cm³/mol. The molecule has 0 fully saturated rings. The van der Waals surface area contributed by atoms with Gasteiger partial charge in [-0.25, -0.2) is 4.98 Å². The molecule has 0 amide bonds. The highest BCUT2D eigenvalue weighted by atomic mass is 16.3. The monoisotopic (exact) mass is 223 g/mol. The maximum Gasteiger partial charge on any atom is 0.140 e. The van der Waals surface area contributed by atoms with Crippen LogP contribution in [0, 0.1) is 6.07 Å². The molecule has 0 saturated heterocycles. The first kappa shape index (κ1) is 9.90. The summed E-state index contributed by atoms with van der Waals surface area (Å²) < 4.78 is 2.02. The minimum Gasteiger partial charge on any atom is -0.507 e. The van der Waals surface area contributed by atoms with Crippen LogP contribution >= 0.6 is 0 Å². The number of imidazole rings is 1. The summed E-state index contributed by atoms with van der Waals surface area (Å²) >= 11 is 0. The van der Waals surface area contributed by atoms with Gasteiger partial charge in [0, 0.05) is 18.7 Å². The third kappa shape index (κ3) is 1.56. The number of aryl methyl sites for hydroxylation is 1. The van der Waals surface area contributed by atoms with Gasteiger partial charge in [0.05, 0.1) is 11.0 Å². The molecule has 0 atom stereocenters. The van der Waals surface area contributed by atoms with Crippen molar-refractivity contribution in [1.29, 1.82) is 0 Å². The molecule has 0 bridgehead atoms. The number of aromatic nitrogens is 2. The van der Waals surface area contributed by atoms with Crippen LogP contribution in [-0.2, 0) is 7.05 Å². The predicted octanol–water partition coefficient (Wildman–Crippen LogP) is 2.75. The number of para-hydroxylation sites is 2. The Morgan fingerprint density at radius 2 is 2.06 bits per heavy atom. The van der Waals surface area contributed by atoms with E-state index in [1.165, 1.54) is 0 Å². The molecule has 1 aromatic heterocycles. The van der Waals surface area contributed by atoms with Gasteiger partial charge < -0.3 is 9.67 Å². The Hall–Kier alpha value is -2.29. The van der Waals surface area contributed by atoms with E-state index in [0.717, 1.165) is 22.4 Å². The minimum atomic E-state index is 0.134. The highest BCUT2D eigenvalue weighted by molar-refractivity contribution is 5.80. The van der Waals surface area contributed by atoms with E-state index < -0.39 is 0 Å². The van der Waals surface area contributed by atoms with Gasteiger partial charge in [0.2, 0.25) is 0 Å². The van der Waals surface area contributed by atoms with Crippen LogP contribution in [0.1, 0.15) is 0 Å². The SMILES string of the molecule is Cn1c(-c2cc[c]c(O)c2)nc2ccccc21. The van der Waals surface area contributed by atoms with Crippen LogP contribution in [0.4, 0.5) is 0 Å². The number of phenols is 1. The second-order valence-corrected chi connectivity index (χ2v) is 3.95. The molecule has 17 heavy (non-hydrogen) atoms. The summed E-state index contributed by atoms with van der Waals surface area (Å²) in [6.07, 6.45) is 0. The Balaban J connectivity index is 2.27. The largest absolute Gasteiger partial charge is 0.507 e. The highest BCUT2D eigenvalue weighted by Gasteiger charge is 2.09. The Bertz CT molecular complexity index is 686. The lowest BCUT2D eigenvalue weighted by Gasteiger charge is -2.02. The molecule has 0 saturated carbocycles. The molecule has 0 aliphatic rings. The summed E-state index contributed by atoms with van der Waals surface area (Å²) in [5.74, 6) is 0.977. The van der Waals surface area contributed by atoms with Crippen LogP contribution < -0.4 is 0 Å². The minimum absolute atomic E-state index is 0.134. The molecule has 1 radical (unpaired) electrons. The van der Waals surface area contributed by atoms with E-state index in [-0.39, 0.29) is 5.75 Å². The van der Waals surface area contributed by atoms with E-state index in [1.807, 2.05) is 41.9 Å². The molecule has 3 heteroatoms. The molecular formula is C14H11N2O. The van der Waals surface area contributed by atoms with Gasteiger partial charge in [0.15, 0.2) is 0 Å². The van der Waals surface area contributed by atoms with Crippen molar-refractivity contribution in [3.63, 3.8) is 0 Å². The quantitative estimate of drug-likeness (QED) is 0.688. The number of aromatic hydroxyl groups is 1. The molecule has 3 rings (SSSR count). The maximum atomic E-state index is 9.45. The normalized spacial score (nSPS) is 10.9. The Morgan fingerprint density at radius 1 is 1.24 bits per heavy atom. The van der Waals surface area contributed by atoms with Gasteiger partial charge >= 0.3 is 0 Å².